The second kappa shape index (κ2) is 6.26. The van der Waals surface area contributed by atoms with Gasteiger partial charge in [-0.05, 0) is 24.3 Å². The van der Waals surface area contributed by atoms with Gasteiger partial charge in [-0.2, -0.15) is 5.10 Å². The predicted octanol–water partition coefficient (Wildman–Crippen LogP) is 3.39. The van der Waals surface area contributed by atoms with E-state index in [1.807, 2.05) is 22.8 Å². The molecule has 1 atom stereocenters. The number of aliphatic hydroxyl groups excluding tert-OH is 1. The standard InChI is InChI=1S/C18H12BrClN6O/c19-11-3-4-13-12(6-11)18-23-17(15(27)10-2-1-5-21-7-10)24-26(18)8-14-16(20)22-9-25(13)14/h1-7,9,15,27H,8H2. The van der Waals surface area contributed by atoms with Crippen molar-refractivity contribution in [1.29, 1.82) is 0 Å². The first-order valence-electron chi connectivity index (χ1n) is 8.16. The van der Waals surface area contributed by atoms with Crippen LogP contribution in [0, 0.1) is 0 Å². The van der Waals surface area contributed by atoms with Crippen LogP contribution in [-0.2, 0) is 6.54 Å². The van der Waals surface area contributed by atoms with Crippen LogP contribution in [0.4, 0.5) is 0 Å². The minimum absolute atomic E-state index is 0.313. The average Bonchev–Trinajstić information content (AvgIpc) is 3.24. The SMILES string of the molecule is OC(c1cccnc1)c1nc2n(n1)Cc1c(Cl)ncn1-c1ccc(Br)cc1-2. The van der Waals surface area contributed by atoms with Crippen LogP contribution >= 0.6 is 27.5 Å². The first kappa shape index (κ1) is 16.6. The number of benzene rings is 1. The summed E-state index contributed by atoms with van der Waals surface area (Å²) >= 11 is 9.82. The Morgan fingerprint density at radius 3 is 2.96 bits per heavy atom. The fraction of sp³-hybridized carbons (Fsp3) is 0.111. The lowest BCUT2D eigenvalue weighted by molar-refractivity contribution is 0.209. The highest BCUT2D eigenvalue weighted by Crippen LogP contribution is 2.35. The van der Waals surface area contributed by atoms with Crippen LogP contribution in [0.5, 0.6) is 0 Å². The van der Waals surface area contributed by atoms with Gasteiger partial charge in [-0.15, -0.1) is 0 Å². The number of fused-ring (bicyclic) bond motifs is 5. The zero-order chi connectivity index (χ0) is 18.5. The second-order valence-corrected chi connectivity index (χ2v) is 7.43. The van der Waals surface area contributed by atoms with Gasteiger partial charge in [-0.25, -0.2) is 14.6 Å². The minimum Gasteiger partial charge on any atom is -0.380 e. The largest absolute Gasteiger partial charge is 0.380 e. The maximum Gasteiger partial charge on any atom is 0.184 e. The van der Waals surface area contributed by atoms with Crippen LogP contribution in [0.3, 0.4) is 0 Å². The third kappa shape index (κ3) is 2.68. The maximum atomic E-state index is 10.7. The molecule has 1 aliphatic rings. The summed E-state index contributed by atoms with van der Waals surface area (Å²) in [6.45, 7) is 0.396. The number of halogens is 2. The molecule has 0 saturated carbocycles. The Hall–Kier alpha value is -2.55. The Labute approximate surface area is 167 Å². The quantitative estimate of drug-likeness (QED) is 0.452. The molecule has 0 fully saturated rings. The van der Waals surface area contributed by atoms with Crippen molar-refractivity contribution in [1.82, 2.24) is 29.3 Å². The highest BCUT2D eigenvalue weighted by Gasteiger charge is 2.27. The summed E-state index contributed by atoms with van der Waals surface area (Å²) in [6, 6.07) is 9.46. The number of nitrogens with zero attached hydrogens (tertiary/aromatic N) is 6. The minimum atomic E-state index is -0.964. The van der Waals surface area contributed by atoms with E-state index in [-0.39, 0.29) is 0 Å². The molecule has 0 amide bonds. The van der Waals surface area contributed by atoms with Gasteiger partial charge in [0.2, 0.25) is 0 Å². The third-order valence-corrected chi connectivity index (χ3v) is 5.32. The highest BCUT2D eigenvalue weighted by atomic mass is 79.9. The normalized spacial score (nSPS) is 13.4. The van der Waals surface area contributed by atoms with Crippen molar-refractivity contribution < 1.29 is 5.11 Å². The monoisotopic (exact) mass is 442 g/mol. The molecule has 1 aromatic carbocycles. The van der Waals surface area contributed by atoms with E-state index in [0.29, 0.717) is 28.9 Å². The Morgan fingerprint density at radius 1 is 1.26 bits per heavy atom. The van der Waals surface area contributed by atoms with E-state index in [1.165, 1.54) is 0 Å². The van der Waals surface area contributed by atoms with Gasteiger partial charge in [-0.3, -0.25) is 9.55 Å². The molecule has 7 nitrogen and oxygen atoms in total. The van der Waals surface area contributed by atoms with Gasteiger partial charge < -0.3 is 5.11 Å². The Kier molecular flexibility index (Phi) is 3.85. The summed E-state index contributed by atoms with van der Waals surface area (Å²) in [4.78, 5) is 12.9. The second-order valence-electron chi connectivity index (χ2n) is 6.15. The first-order chi connectivity index (χ1) is 13.1. The molecule has 5 rings (SSSR count). The molecular formula is C18H12BrClN6O. The van der Waals surface area contributed by atoms with Gasteiger partial charge in [0.25, 0.3) is 0 Å². The molecule has 4 heterocycles. The third-order valence-electron chi connectivity index (χ3n) is 4.51. The van der Waals surface area contributed by atoms with Crippen LogP contribution in [0.15, 0.2) is 53.5 Å². The molecule has 1 unspecified atom stereocenters. The fourth-order valence-corrected chi connectivity index (χ4v) is 3.77. The van der Waals surface area contributed by atoms with Gasteiger partial charge in [0.1, 0.15) is 12.4 Å². The summed E-state index contributed by atoms with van der Waals surface area (Å²) in [5, 5.41) is 15.7. The summed E-state index contributed by atoms with van der Waals surface area (Å²) in [7, 11) is 0. The molecule has 1 aliphatic heterocycles. The van der Waals surface area contributed by atoms with Crippen LogP contribution < -0.4 is 0 Å². The number of aliphatic hydroxyl groups is 1. The summed E-state index contributed by atoms with van der Waals surface area (Å²) in [6.07, 6.45) is 3.99. The topological polar surface area (TPSA) is 81.7 Å². The number of imidazole rings is 1. The van der Waals surface area contributed by atoms with Crippen LogP contribution in [0.1, 0.15) is 23.2 Å². The van der Waals surface area contributed by atoms with Crippen LogP contribution in [0.25, 0.3) is 17.1 Å². The number of hydrogen-bond donors (Lipinski definition) is 1. The van der Waals surface area contributed by atoms with Crippen LogP contribution in [-0.4, -0.2) is 34.4 Å². The van der Waals surface area contributed by atoms with Crippen molar-refractivity contribution >= 4 is 27.5 Å². The van der Waals surface area contributed by atoms with Crippen LogP contribution in [0.2, 0.25) is 5.15 Å². The molecule has 3 aromatic heterocycles. The zero-order valence-electron chi connectivity index (χ0n) is 13.8. The van der Waals surface area contributed by atoms with Crippen molar-refractivity contribution in [2.24, 2.45) is 0 Å². The van der Waals surface area contributed by atoms with E-state index in [4.69, 9.17) is 11.6 Å². The maximum absolute atomic E-state index is 10.7. The average molecular weight is 444 g/mol. The fourth-order valence-electron chi connectivity index (χ4n) is 3.21. The molecule has 1 N–H and O–H groups in total. The van der Waals surface area contributed by atoms with E-state index in [1.54, 1.807) is 35.5 Å². The van der Waals surface area contributed by atoms with E-state index in [9.17, 15) is 5.11 Å². The van der Waals surface area contributed by atoms with Crippen molar-refractivity contribution in [2.75, 3.05) is 0 Å². The number of rotatable bonds is 2. The summed E-state index contributed by atoms with van der Waals surface area (Å²) in [5.74, 6) is 0.969. The molecule has 9 heteroatoms. The zero-order valence-corrected chi connectivity index (χ0v) is 16.1. The highest BCUT2D eigenvalue weighted by molar-refractivity contribution is 9.10. The molecule has 4 aromatic rings. The van der Waals surface area contributed by atoms with E-state index >= 15 is 0 Å². The number of aromatic nitrogens is 6. The van der Waals surface area contributed by atoms with Gasteiger partial charge >= 0.3 is 0 Å². The van der Waals surface area contributed by atoms with Crippen molar-refractivity contribution in [2.45, 2.75) is 12.6 Å². The Bertz CT molecular complexity index is 1160. The summed E-state index contributed by atoms with van der Waals surface area (Å²) in [5.41, 5.74) is 3.22. The van der Waals surface area contributed by atoms with Crippen molar-refractivity contribution in [3.8, 4) is 17.1 Å². The van der Waals surface area contributed by atoms with Gasteiger partial charge in [0.05, 0.1) is 17.9 Å². The molecule has 0 aliphatic carbocycles. The lowest BCUT2D eigenvalue weighted by atomic mass is 10.1. The number of pyridine rings is 1. The smallest absolute Gasteiger partial charge is 0.184 e. The van der Waals surface area contributed by atoms with E-state index < -0.39 is 6.10 Å². The molecular weight excluding hydrogens is 432 g/mol. The Balaban J connectivity index is 1.70. The predicted molar refractivity (Wildman–Crippen MR) is 103 cm³/mol. The molecule has 0 saturated heterocycles. The molecule has 27 heavy (non-hydrogen) atoms. The lowest BCUT2D eigenvalue weighted by Crippen LogP contribution is -2.07. The number of hydrogen-bond acceptors (Lipinski definition) is 5. The molecule has 0 spiro atoms. The van der Waals surface area contributed by atoms with Crippen molar-refractivity contribution in [3.63, 3.8) is 0 Å². The van der Waals surface area contributed by atoms with Gasteiger partial charge in [0, 0.05) is 28.0 Å². The Morgan fingerprint density at radius 2 is 2.15 bits per heavy atom. The van der Waals surface area contributed by atoms with E-state index in [2.05, 4.69) is 36.0 Å². The molecule has 0 radical (unpaired) electrons. The van der Waals surface area contributed by atoms with Gasteiger partial charge in [-0.1, -0.05) is 33.6 Å². The van der Waals surface area contributed by atoms with Crippen molar-refractivity contribution in [3.05, 3.63) is 75.8 Å². The van der Waals surface area contributed by atoms with E-state index in [0.717, 1.165) is 21.4 Å². The first-order valence-corrected chi connectivity index (χ1v) is 9.33. The summed E-state index contributed by atoms with van der Waals surface area (Å²) < 4.78 is 4.60. The van der Waals surface area contributed by atoms with Gasteiger partial charge in [0.15, 0.2) is 16.8 Å². The molecule has 134 valence electrons. The molecule has 0 bridgehead atoms. The lowest BCUT2D eigenvalue weighted by Gasteiger charge is -2.09.